The first-order chi connectivity index (χ1) is 20.9. The zero-order valence-electron chi connectivity index (χ0n) is 23.0. The number of nitrogens with one attached hydrogen (secondary N) is 3. The lowest BCUT2D eigenvalue weighted by atomic mass is 9.98. The monoisotopic (exact) mass is 569 g/mol. The van der Waals surface area contributed by atoms with Gasteiger partial charge in [-0.2, -0.15) is 0 Å². The molecule has 9 nitrogen and oxygen atoms in total. The molecule has 0 atom stereocenters. The van der Waals surface area contributed by atoms with Gasteiger partial charge in [0, 0.05) is 34.1 Å². The minimum absolute atomic E-state index is 0.0308. The molecular weight excluding hydrogens is 542 g/mol. The second-order valence-corrected chi connectivity index (χ2v) is 10.5. The van der Waals surface area contributed by atoms with E-state index in [9.17, 15) is 14.4 Å². The summed E-state index contributed by atoms with van der Waals surface area (Å²) < 4.78 is 7.54. The number of carbonyl (C=O) groups excluding carboxylic acids is 3. The number of benzene rings is 4. The van der Waals surface area contributed by atoms with Crippen LogP contribution in [0.1, 0.15) is 27.5 Å². The van der Waals surface area contributed by atoms with E-state index in [-0.39, 0.29) is 25.0 Å². The Morgan fingerprint density at radius 3 is 2.33 bits per heavy atom. The number of nitrogens with two attached hydrogens (primary N) is 1. The van der Waals surface area contributed by atoms with Gasteiger partial charge < -0.3 is 25.3 Å². The number of carbonyl (C=O) groups is 3. The van der Waals surface area contributed by atoms with E-state index >= 15 is 0 Å². The number of anilines is 2. The molecule has 0 spiro atoms. The third-order valence-electron chi connectivity index (χ3n) is 7.88. The molecule has 2 heterocycles. The number of aromatic nitrogens is 2. The number of fused-ring (bicyclic) bond motifs is 5. The number of aromatic amines is 1. The molecule has 3 amide bonds. The Balaban J connectivity index is 1.02. The Hall–Kier alpha value is -5.83. The average Bonchev–Trinajstić information content (AvgIpc) is 3.71. The summed E-state index contributed by atoms with van der Waals surface area (Å²) in [5, 5.41) is 7.33. The van der Waals surface area contributed by atoms with Crippen molar-refractivity contribution in [3.05, 3.63) is 120 Å². The van der Waals surface area contributed by atoms with Crippen LogP contribution in [0.25, 0.3) is 32.9 Å². The van der Waals surface area contributed by atoms with Crippen LogP contribution >= 0.6 is 0 Å². The molecule has 0 saturated heterocycles. The van der Waals surface area contributed by atoms with Crippen LogP contribution in [0.3, 0.4) is 0 Å². The maximum atomic E-state index is 12.9. The largest absolute Gasteiger partial charge is 0.448 e. The van der Waals surface area contributed by atoms with Gasteiger partial charge in [0.15, 0.2) is 0 Å². The van der Waals surface area contributed by atoms with Gasteiger partial charge in [-0.3, -0.25) is 14.9 Å². The predicted octanol–water partition coefficient (Wildman–Crippen LogP) is 6.22. The molecule has 0 aliphatic heterocycles. The molecule has 6 aromatic rings. The fourth-order valence-electron chi connectivity index (χ4n) is 5.91. The number of amides is 3. The number of H-pyrrole nitrogens is 1. The lowest BCUT2D eigenvalue weighted by molar-refractivity contribution is -0.116. The molecule has 1 aliphatic carbocycles. The van der Waals surface area contributed by atoms with Crippen molar-refractivity contribution in [2.45, 2.75) is 12.5 Å². The van der Waals surface area contributed by atoms with Gasteiger partial charge in [0.25, 0.3) is 5.91 Å². The molecule has 43 heavy (non-hydrogen) atoms. The van der Waals surface area contributed by atoms with Gasteiger partial charge in [0.2, 0.25) is 5.91 Å². The Kier molecular flexibility index (Phi) is 6.39. The van der Waals surface area contributed by atoms with Crippen molar-refractivity contribution in [1.29, 1.82) is 0 Å². The van der Waals surface area contributed by atoms with E-state index in [0.29, 0.717) is 17.1 Å². The van der Waals surface area contributed by atoms with Crippen molar-refractivity contribution >= 4 is 51.1 Å². The van der Waals surface area contributed by atoms with Gasteiger partial charge >= 0.3 is 6.09 Å². The van der Waals surface area contributed by atoms with Crippen molar-refractivity contribution in [2.75, 3.05) is 17.2 Å². The predicted molar refractivity (Wildman–Crippen MR) is 166 cm³/mol. The summed E-state index contributed by atoms with van der Waals surface area (Å²) in [6.45, 7) is 0.283. The second-order valence-electron chi connectivity index (χ2n) is 10.5. The fourth-order valence-corrected chi connectivity index (χ4v) is 5.91. The van der Waals surface area contributed by atoms with E-state index < -0.39 is 12.0 Å². The SMILES string of the molecule is NC(=O)c1cc2cc(NC(=O)Cn3ccc4c(NC(=O)OCC5c6ccccc6-c6ccccc65)cccc43)ccc2[nH]1. The number of ether oxygens (including phenoxy) is 1. The summed E-state index contributed by atoms with van der Waals surface area (Å²) in [6, 6.07) is 30.8. The van der Waals surface area contributed by atoms with E-state index in [1.807, 2.05) is 53.2 Å². The van der Waals surface area contributed by atoms with Crippen LogP contribution in [0.4, 0.5) is 16.2 Å². The Bertz CT molecular complexity index is 2010. The van der Waals surface area contributed by atoms with E-state index in [0.717, 1.165) is 32.9 Å². The molecule has 0 unspecified atom stereocenters. The van der Waals surface area contributed by atoms with Crippen LogP contribution in [-0.4, -0.2) is 34.1 Å². The van der Waals surface area contributed by atoms with Crippen molar-refractivity contribution in [3.63, 3.8) is 0 Å². The normalized spacial score (nSPS) is 12.2. The highest BCUT2D eigenvalue weighted by Gasteiger charge is 2.29. The van der Waals surface area contributed by atoms with E-state index in [4.69, 9.17) is 10.5 Å². The van der Waals surface area contributed by atoms with Crippen LogP contribution in [0, 0.1) is 0 Å². The maximum Gasteiger partial charge on any atom is 0.411 e. The summed E-state index contributed by atoms with van der Waals surface area (Å²) in [7, 11) is 0. The van der Waals surface area contributed by atoms with Crippen LogP contribution in [0.15, 0.2) is 103 Å². The van der Waals surface area contributed by atoms with Gasteiger partial charge in [0.05, 0.1) is 11.2 Å². The lowest BCUT2D eigenvalue weighted by Crippen LogP contribution is -2.18. The summed E-state index contributed by atoms with van der Waals surface area (Å²) in [6.07, 6.45) is 1.27. The molecule has 212 valence electrons. The first kappa shape index (κ1) is 26.1. The highest BCUT2D eigenvalue weighted by Crippen LogP contribution is 2.44. The minimum atomic E-state index is -0.547. The summed E-state index contributed by atoms with van der Waals surface area (Å²) in [5.74, 6) is -0.803. The number of nitrogens with zero attached hydrogens (tertiary/aromatic N) is 1. The quantitative estimate of drug-likeness (QED) is 0.182. The van der Waals surface area contributed by atoms with Crippen LogP contribution in [0.5, 0.6) is 0 Å². The van der Waals surface area contributed by atoms with Crippen LogP contribution in [-0.2, 0) is 16.1 Å². The van der Waals surface area contributed by atoms with Gasteiger partial charge in [-0.15, -0.1) is 0 Å². The summed E-state index contributed by atoms with van der Waals surface area (Å²) >= 11 is 0. The van der Waals surface area contributed by atoms with Gasteiger partial charge in [0.1, 0.15) is 18.8 Å². The molecule has 0 saturated carbocycles. The minimum Gasteiger partial charge on any atom is -0.448 e. The molecule has 4 aromatic carbocycles. The topological polar surface area (TPSA) is 131 Å². The number of hydrogen-bond donors (Lipinski definition) is 4. The molecule has 0 radical (unpaired) electrons. The van der Waals surface area contributed by atoms with E-state index in [2.05, 4.69) is 39.9 Å². The van der Waals surface area contributed by atoms with Crippen molar-refractivity contribution in [1.82, 2.24) is 9.55 Å². The zero-order valence-corrected chi connectivity index (χ0v) is 23.0. The van der Waals surface area contributed by atoms with Gasteiger partial charge in [-0.25, -0.2) is 4.79 Å². The third-order valence-corrected chi connectivity index (χ3v) is 7.88. The molecular formula is C34H27N5O4. The van der Waals surface area contributed by atoms with Crippen molar-refractivity contribution in [2.24, 2.45) is 5.73 Å². The smallest absolute Gasteiger partial charge is 0.411 e. The number of primary amides is 1. The summed E-state index contributed by atoms with van der Waals surface area (Å²) in [5.41, 5.74) is 13.0. The maximum absolute atomic E-state index is 12.9. The Morgan fingerprint density at radius 2 is 1.58 bits per heavy atom. The zero-order chi connectivity index (χ0) is 29.5. The second kappa shape index (κ2) is 10.5. The molecule has 0 bridgehead atoms. The van der Waals surface area contributed by atoms with Gasteiger partial charge in [-0.1, -0.05) is 54.6 Å². The highest BCUT2D eigenvalue weighted by atomic mass is 16.5. The first-order valence-corrected chi connectivity index (χ1v) is 13.9. The Morgan fingerprint density at radius 1 is 0.837 bits per heavy atom. The highest BCUT2D eigenvalue weighted by molar-refractivity contribution is 6.01. The van der Waals surface area contributed by atoms with Crippen LogP contribution in [0.2, 0.25) is 0 Å². The van der Waals surface area contributed by atoms with Crippen LogP contribution < -0.4 is 16.4 Å². The number of rotatable bonds is 7. The number of hydrogen-bond acceptors (Lipinski definition) is 4. The van der Waals surface area contributed by atoms with E-state index in [1.165, 1.54) is 11.1 Å². The molecule has 1 aliphatic rings. The summed E-state index contributed by atoms with van der Waals surface area (Å²) in [4.78, 5) is 40.3. The van der Waals surface area contributed by atoms with E-state index in [1.54, 1.807) is 30.3 Å². The standard InChI is InChI=1S/C34H27N5O4/c35-33(41)30-17-20-16-21(12-13-28(20)37-30)36-32(40)18-39-15-14-26-29(10-5-11-31(26)39)38-34(42)43-19-27-24-8-3-1-6-22(24)23-7-2-4-9-25(23)27/h1-17,27,37H,18-19H2,(H2,35,41)(H,36,40)(H,38,42). The molecule has 9 heteroatoms. The molecule has 5 N–H and O–H groups in total. The molecule has 0 fully saturated rings. The first-order valence-electron chi connectivity index (χ1n) is 13.9. The molecule has 2 aromatic heterocycles. The molecule has 7 rings (SSSR count). The fraction of sp³-hybridized carbons (Fsp3) is 0.0882. The van der Waals surface area contributed by atoms with Crippen molar-refractivity contribution in [3.8, 4) is 11.1 Å². The Labute approximate surface area is 246 Å². The van der Waals surface area contributed by atoms with Gasteiger partial charge in [-0.05, 0) is 64.7 Å². The lowest BCUT2D eigenvalue weighted by Gasteiger charge is -2.15. The average molecular weight is 570 g/mol. The van der Waals surface area contributed by atoms with Crippen molar-refractivity contribution < 1.29 is 19.1 Å². The third kappa shape index (κ3) is 4.87.